The Morgan fingerprint density at radius 2 is 2.08 bits per heavy atom. The number of aliphatic imine (C=N–C) groups is 1. The third-order valence-electron chi connectivity index (χ3n) is 4.77. The summed E-state index contributed by atoms with van der Waals surface area (Å²) in [6.45, 7) is 11.3. The summed E-state index contributed by atoms with van der Waals surface area (Å²) >= 11 is 0. The second-order valence-corrected chi connectivity index (χ2v) is 6.80. The maximum Gasteiger partial charge on any atom is 0.191 e. The van der Waals surface area contributed by atoms with Gasteiger partial charge in [0, 0.05) is 25.7 Å². The van der Waals surface area contributed by atoms with Crippen molar-refractivity contribution in [3.8, 4) is 0 Å². The zero-order chi connectivity index (χ0) is 16.9. The molecular weight excluding hydrogens is 431 g/mol. The van der Waals surface area contributed by atoms with E-state index in [1.165, 1.54) is 6.42 Å². The van der Waals surface area contributed by atoms with Crippen LogP contribution in [-0.4, -0.2) is 56.3 Å². The maximum atomic E-state index is 5.91. The molecule has 7 heteroatoms. The van der Waals surface area contributed by atoms with Gasteiger partial charge in [-0.1, -0.05) is 6.92 Å². The highest BCUT2D eigenvalue weighted by atomic mass is 127. The smallest absolute Gasteiger partial charge is 0.191 e. The first kappa shape index (κ1) is 20.5. The van der Waals surface area contributed by atoms with Crippen LogP contribution >= 0.6 is 24.0 Å². The van der Waals surface area contributed by atoms with Gasteiger partial charge in [0.25, 0.3) is 0 Å². The molecule has 3 rings (SSSR count). The van der Waals surface area contributed by atoms with E-state index in [4.69, 9.17) is 14.1 Å². The van der Waals surface area contributed by atoms with Gasteiger partial charge in [-0.3, -0.25) is 9.89 Å². The standard InChI is InChI=1S/C18H30N4O2.HI/c1-4-19-18(21-15-11-13(15)2)20-12-16(17-6-5-14(3)24-17)22-7-9-23-10-8-22;/h5-6,13,15-16H,4,7-12H2,1-3H3,(H2,19,20,21);1H. The second kappa shape index (κ2) is 9.78. The number of guanidine groups is 1. The number of nitrogens with one attached hydrogen (secondary N) is 2. The number of nitrogens with zero attached hydrogens (tertiary/aromatic N) is 2. The Bertz CT molecular complexity index is 557. The third-order valence-corrected chi connectivity index (χ3v) is 4.77. The first-order valence-electron chi connectivity index (χ1n) is 9.10. The van der Waals surface area contributed by atoms with E-state index in [1.54, 1.807) is 0 Å². The average Bonchev–Trinajstić information content (AvgIpc) is 3.10. The highest BCUT2D eigenvalue weighted by Gasteiger charge is 2.33. The number of morpholine rings is 1. The van der Waals surface area contributed by atoms with Crippen molar-refractivity contribution < 1.29 is 9.15 Å². The minimum absolute atomic E-state index is 0. The molecule has 0 amide bonds. The summed E-state index contributed by atoms with van der Waals surface area (Å²) < 4.78 is 11.4. The largest absolute Gasteiger partial charge is 0.465 e. The van der Waals surface area contributed by atoms with E-state index in [0.29, 0.717) is 12.6 Å². The quantitative estimate of drug-likeness (QED) is 0.387. The molecule has 2 fully saturated rings. The van der Waals surface area contributed by atoms with Gasteiger partial charge in [-0.15, -0.1) is 24.0 Å². The summed E-state index contributed by atoms with van der Waals surface area (Å²) in [5.74, 6) is 3.60. The van der Waals surface area contributed by atoms with Crippen LogP contribution in [0.25, 0.3) is 0 Å². The van der Waals surface area contributed by atoms with Gasteiger partial charge >= 0.3 is 0 Å². The molecule has 25 heavy (non-hydrogen) atoms. The Balaban J connectivity index is 0.00000225. The fourth-order valence-electron chi connectivity index (χ4n) is 3.10. The molecule has 0 bridgehead atoms. The first-order valence-corrected chi connectivity index (χ1v) is 9.10. The number of aryl methyl sites for hydroxylation is 1. The predicted octanol–water partition coefficient (Wildman–Crippen LogP) is 2.54. The maximum absolute atomic E-state index is 5.91. The molecule has 142 valence electrons. The molecule has 1 aromatic heterocycles. The van der Waals surface area contributed by atoms with Crippen LogP contribution in [0.1, 0.15) is 37.8 Å². The molecule has 3 unspecified atom stereocenters. The topological polar surface area (TPSA) is 62.0 Å². The average molecular weight is 462 g/mol. The minimum Gasteiger partial charge on any atom is -0.465 e. The van der Waals surface area contributed by atoms with Crippen molar-refractivity contribution in [2.24, 2.45) is 10.9 Å². The predicted molar refractivity (Wildman–Crippen MR) is 111 cm³/mol. The molecule has 3 atom stereocenters. The van der Waals surface area contributed by atoms with Crippen LogP contribution in [0.15, 0.2) is 21.5 Å². The zero-order valence-electron chi connectivity index (χ0n) is 15.5. The van der Waals surface area contributed by atoms with Gasteiger partial charge in [-0.25, -0.2) is 0 Å². The van der Waals surface area contributed by atoms with Gasteiger partial charge in [0.1, 0.15) is 11.5 Å². The Morgan fingerprint density at radius 1 is 1.36 bits per heavy atom. The molecule has 0 radical (unpaired) electrons. The Hall–Kier alpha value is -0.800. The van der Waals surface area contributed by atoms with Crippen molar-refractivity contribution >= 4 is 29.9 Å². The van der Waals surface area contributed by atoms with Gasteiger partial charge in [-0.05, 0) is 38.3 Å². The molecular formula is C18H31IN4O2. The minimum atomic E-state index is 0. The molecule has 2 heterocycles. The number of furan rings is 1. The van der Waals surface area contributed by atoms with E-state index in [0.717, 1.165) is 56.2 Å². The molecule has 1 aliphatic heterocycles. The van der Waals surface area contributed by atoms with E-state index >= 15 is 0 Å². The van der Waals surface area contributed by atoms with Crippen molar-refractivity contribution in [1.29, 1.82) is 0 Å². The van der Waals surface area contributed by atoms with E-state index in [-0.39, 0.29) is 30.0 Å². The summed E-state index contributed by atoms with van der Waals surface area (Å²) in [6, 6.07) is 4.83. The molecule has 1 aliphatic carbocycles. The highest BCUT2D eigenvalue weighted by Crippen LogP contribution is 2.29. The van der Waals surface area contributed by atoms with Gasteiger partial charge in [0.15, 0.2) is 5.96 Å². The van der Waals surface area contributed by atoms with Gasteiger partial charge in [-0.2, -0.15) is 0 Å². The van der Waals surface area contributed by atoms with Crippen LogP contribution in [0.5, 0.6) is 0 Å². The summed E-state index contributed by atoms with van der Waals surface area (Å²) in [7, 11) is 0. The Labute approximate surface area is 167 Å². The SMILES string of the molecule is CCNC(=NCC(c1ccc(C)o1)N1CCOCC1)NC1CC1C.I. The molecule has 2 aliphatic rings. The fourth-order valence-corrected chi connectivity index (χ4v) is 3.10. The van der Waals surface area contributed by atoms with Crippen molar-refractivity contribution in [3.05, 3.63) is 23.7 Å². The molecule has 6 nitrogen and oxygen atoms in total. The number of hydrogen-bond acceptors (Lipinski definition) is 4. The lowest BCUT2D eigenvalue weighted by molar-refractivity contribution is 0.0135. The van der Waals surface area contributed by atoms with Crippen molar-refractivity contribution in [3.63, 3.8) is 0 Å². The Morgan fingerprint density at radius 3 is 2.64 bits per heavy atom. The fraction of sp³-hybridized carbons (Fsp3) is 0.722. The van der Waals surface area contributed by atoms with Crippen molar-refractivity contribution in [2.45, 2.75) is 39.3 Å². The van der Waals surface area contributed by atoms with Crippen LogP contribution in [0.3, 0.4) is 0 Å². The second-order valence-electron chi connectivity index (χ2n) is 6.80. The number of rotatable bonds is 6. The van der Waals surface area contributed by atoms with Crippen molar-refractivity contribution in [1.82, 2.24) is 15.5 Å². The van der Waals surface area contributed by atoms with E-state index in [2.05, 4.69) is 35.4 Å². The monoisotopic (exact) mass is 462 g/mol. The van der Waals surface area contributed by atoms with Gasteiger partial charge < -0.3 is 19.8 Å². The van der Waals surface area contributed by atoms with Crippen LogP contribution in [0.4, 0.5) is 0 Å². The summed E-state index contributed by atoms with van der Waals surface area (Å²) in [5, 5.41) is 6.88. The third kappa shape index (κ3) is 5.86. The summed E-state index contributed by atoms with van der Waals surface area (Å²) in [6.07, 6.45) is 1.23. The van der Waals surface area contributed by atoms with Gasteiger partial charge in [0.2, 0.25) is 0 Å². The number of ether oxygens (including phenoxy) is 1. The molecule has 1 saturated heterocycles. The van der Waals surface area contributed by atoms with Crippen molar-refractivity contribution in [2.75, 3.05) is 39.4 Å². The van der Waals surface area contributed by atoms with E-state index in [9.17, 15) is 0 Å². The lowest BCUT2D eigenvalue weighted by Gasteiger charge is -2.32. The molecule has 1 saturated carbocycles. The van der Waals surface area contributed by atoms with Crippen LogP contribution < -0.4 is 10.6 Å². The molecule has 1 aromatic rings. The van der Waals surface area contributed by atoms with Gasteiger partial charge in [0.05, 0.1) is 25.8 Å². The van der Waals surface area contributed by atoms with E-state index < -0.39 is 0 Å². The number of hydrogen-bond donors (Lipinski definition) is 2. The zero-order valence-corrected chi connectivity index (χ0v) is 17.8. The molecule has 2 N–H and O–H groups in total. The number of halogens is 1. The lowest BCUT2D eigenvalue weighted by Crippen LogP contribution is -2.42. The normalized spacial score (nSPS) is 25.2. The van der Waals surface area contributed by atoms with E-state index in [1.807, 2.05) is 13.0 Å². The summed E-state index contributed by atoms with van der Waals surface area (Å²) in [5.41, 5.74) is 0. The molecule has 0 spiro atoms. The summed E-state index contributed by atoms with van der Waals surface area (Å²) in [4.78, 5) is 7.25. The lowest BCUT2D eigenvalue weighted by atomic mass is 10.1. The van der Waals surface area contributed by atoms with Crippen LogP contribution in [0.2, 0.25) is 0 Å². The molecule has 0 aromatic carbocycles. The first-order chi connectivity index (χ1) is 11.7. The van der Waals surface area contributed by atoms with Crippen LogP contribution in [0, 0.1) is 12.8 Å². The Kier molecular flexibility index (Phi) is 8.02. The highest BCUT2D eigenvalue weighted by molar-refractivity contribution is 14.0. The van der Waals surface area contributed by atoms with Crippen LogP contribution in [-0.2, 0) is 4.74 Å².